The third kappa shape index (κ3) is 4.42. The van der Waals surface area contributed by atoms with Crippen LogP contribution in [0, 0.1) is 12.7 Å². The van der Waals surface area contributed by atoms with E-state index < -0.39 is 0 Å². The van der Waals surface area contributed by atoms with Gasteiger partial charge in [-0.1, -0.05) is 6.07 Å². The van der Waals surface area contributed by atoms with Gasteiger partial charge in [-0.15, -0.1) is 0 Å². The number of aryl methyl sites for hydroxylation is 1. The molecule has 2 aliphatic rings. The largest absolute Gasteiger partial charge is 0.381 e. The van der Waals surface area contributed by atoms with Gasteiger partial charge in [0.25, 0.3) is 0 Å². The summed E-state index contributed by atoms with van der Waals surface area (Å²) < 4.78 is 19.5. The van der Waals surface area contributed by atoms with Gasteiger partial charge in [0.1, 0.15) is 5.82 Å². The van der Waals surface area contributed by atoms with Crippen LogP contribution in [0.25, 0.3) is 0 Å². The molecule has 6 heteroatoms. The molecule has 25 heavy (non-hydrogen) atoms. The minimum atomic E-state index is -0.197. The molecule has 0 bridgehead atoms. The van der Waals surface area contributed by atoms with Crippen LogP contribution < -0.4 is 10.2 Å². The summed E-state index contributed by atoms with van der Waals surface area (Å²) in [5.74, 6) is -0.197. The standard InChI is InChI=1S/C19H28FN3O2/c1-14-5-6-17(20)18(12-14)23-9-3-4-15(13-23)21-19(24)22(2)16-7-10-25-11-8-16/h5-6,12,15-16H,3-4,7-11,13H2,1-2H3,(H,21,24)/t15-/m0/s1. The maximum Gasteiger partial charge on any atom is 0.317 e. The number of anilines is 1. The second kappa shape index (κ2) is 8.04. The fraction of sp³-hybridized carbons (Fsp3) is 0.632. The van der Waals surface area contributed by atoms with Gasteiger partial charge in [-0.25, -0.2) is 9.18 Å². The van der Waals surface area contributed by atoms with Gasteiger partial charge < -0.3 is 19.9 Å². The van der Waals surface area contributed by atoms with Gasteiger partial charge in [-0.3, -0.25) is 0 Å². The molecule has 1 aromatic carbocycles. The number of ether oxygens (including phenoxy) is 1. The van der Waals surface area contributed by atoms with Crippen molar-refractivity contribution in [3.05, 3.63) is 29.6 Å². The van der Waals surface area contributed by atoms with Crippen LogP contribution in [0.15, 0.2) is 18.2 Å². The Morgan fingerprint density at radius 2 is 2.08 bits per heavy atom. The van der Waals surface area contributed by atoms with Crippen molar-refractivity contribution in [3.63, 3.8) is 0 Å². The number of nitrogens with zero attached hydrogens (tertiary/aromatic N) is 2. The number of carbonyl (C=O) groups excluding carboxylic acids is 1. The second-order valence-electron chi connectivity index (χ2n) is 7.14. The van der Waals surface area contributed by atoms with Crippen molar-refractivity contribution in [2.24, 2.45) is 0 Å². The summed E-state index contributed by atoms with van der Waals surface area (Å²) in [5, 5.41) is 3.13. The Hall–Kier alpha value is -1.82. The van der Waals surface area contributed by atoms with Gasteiger partial charge in [0.05, 0.1) is 5.69 Å². The quantitative estimate of drug-likeness (QED) is 0.913. The lowest BCUT2D eigenvalue weighted by molar-refractivity contribution is 0.0521. The molecule has 2 amide bonds. The number of hydrogen-bond acceptors (Lipinski definition) is 3. The lowest BCUT2D eigenvalue weighted by Gasteiger charge is -2.37. The average molecular weight is 349 g/mol. The Labute approximate surface area is 149 Å². The number of amides is 2. The fourth-order valence-electron chi connectivity index (χ4n) is 3.69. The highest BCUT2D eigenvalue weighted by molar-refractivity contribution is 5.74. The zero-order valence-corrected chi connectivity index (χ0v) is 15.1. The third-order valence-corrected chi connectivity index (χ3v) is 5.25. The number of rotatable bonds is 3. The summed E-state index contributed by atoms with van der Waals surface area (Å²) in [4.78, 5) is 16.4. The van der Waals surface area contributed by atoms with Gasteiger partial charge >= 0.3 is 6.03 Å². The molecule has 0 aromatic heterocycles. The molecule has 138 valence electrons. The summed E-state index contributed by atoms with van der Waals surface area (Å²) in [7, 11) is 1.85. The number of halogens is 1. The predicted octanol–water partition coefficient (Wildman–Crippen LogP) is 2.92. The van der Waals surface area contributed by atoms with E-state index in [4.69, 9.17) is 4.74 Å². The molecule has 2 heterocycles. The molecule has 1 atom stereocenters. The lowest BCUT2D eigenvalue weighted by Crippen LogP contribution is -2.53. The summed E-state index contributed by atoms with van der Waals surface area (Å²) in [6, 6.07) is 5.43. The van der Waals surface area contributed by atoms with E-state index in [0.717, 1.165) is 37.8 Å². The van der Waals surface area contributed by atoms with E-state index in [0.29, 0.717) is 25.4 Å². The van der Waals surface area contributed by atoms with Crippen LogP contribution in [0.5, 0.6) is 0 Å². The van der Waals surface area contributed by atoms with Crippen molar-refractivity contribution in [1.29, 1.82) is 0 Å². The normalized spacial score (nSPS) is 21.9. The van der Waals surface area contributed by atoms with E-state index in [9.17, 15) is 9.18 Å². The van der Waals surface area contributed by atoms with Gasteiger partial charge in [-0.2, -0.15) is 0 Å². The molecule has 5 nitrogen and oxygen atoms in total. The number of carbonyl (C=O) groups is 1. The van der Waals surface area contributed by atoms with Crippen LogP contribution in [-0.4, -0.2) is 56.4 Å². The van der Waals surface area contributed by atoms with Crippen LogP contribution in [0.4, 0.5) is 14.9 Å². The van der Waals surface area contributed by atoms with Crippen LogP contribution >= 0.6 is 0 Å². The topological polar surface area (TPSA) is 44.8 Å². The van der Waals surface area contributed by atoms with E-state index in [2.05, 4.69) is 5.32 Å². The molecule has 3 rings (SSSR count). The summed E-state index contributed by atoms with van der Waals surface area (Å²) in [6.07, 6.45) is 3.64. The maximum absolute atomic E-state index is 14.2. The summed E-state index contributed by atoms with van der Waals surface area (Å²) in [6.45, 7) is 4.86. The van der Waals surface area contributed by atoms with Crippen LogP contribution in [0.3, 0.4) is 0 Å². The first-order valence-electron chi connectivity index (χ1n) is 9.17. The molecular formula is C19H28FN3O2. The number of hydrogen-bond donors (Lipinski definition) is 1. The Bertz CT molecular complexity index is 604. The molecule has 0 aliphatic carbocycles. The monoisotopic (exact) mass is 349 g/mol. The first-order chi connectivity index (χ1) is 12.0. The van der Waals surface area contributed by atoms with Crippen molar-refractivity contribution in [3.8, 4) is 0 Å². The highest BCUT2D eigenvalue weighted by atomic mass is 19.1. The molecule has 2 aliphatic heterocycles. The number of nitrogens with one attached hydrogen (secondary N) is 1. The van der Waals surface area contributed by atoms with E-state index in [1.165, 1.54) is 6.07 Å². The van der Waals surface area contributed by atoms with Crippen molar-refractivity contribution in [1.82, 2.24) is 10.2 Å². The molecule has 1 aromatic rings. The van der Waals surface area contributed by atoms with E-state index in [1.807, 2.05) is 24.9 Å². The smallest absolute Gasteiger partial charge is 0.317 e. The van der Waals surface area contributed by atoms with E-state index in [1.54, 1.807) is 11.0 Å². The Morgan fingerprint density at radius 1 is 1.32 bits per heavy atom. The minimum Gasteiger partial charge on any atom is -0.381 e. The molecule has 2 fully saturated rings. The van der Waals surface area contributed by atoms with Crippen LogP contribution in [0.2, 0.25) is 0 Å². The fourth-order valence-corrected chi connectivity index (χ4v) is 3.69. The van der Waals surface area contributed by atoms with Crippen molar-refractivity contribution in [2.45, 2.75) is 44.7 Å². The highest BCUT2D eigenvalue weighted by Gasteiger charge is 2.27. The molecule has 0 saturated carbocycles. The molecule has 0 spiro atoms. The zero-order valence-electron chi connectivity index (χ0n) is 15.1. The Kier molecular flexibility index (Phi) is 5.78. The van der Waals surface area contributed by atoms with E-state index in [-0.39, 0.29) is 23.9 Å². The zero-order chi connectivity index (χ0) is 17.8. The summed E-state index contributed by atoms with van der Waals surface area (Å²) in [5.41, 5.74) is 1.68. The van der Waals surface area contributed by atoms with E-state index >= 15 is 0 Å². The predicted molar refractivity (Wildman–Crippen MR) is 96.5 cm³/mol. The average Bonchev–Trinajstić information content (AvgIpc) is 2.64. The maximum atomic E-state index is 14.2. The van der Waals surface area contributed by atoms with Gasteiger partial charge in [0.2, 0.25) is 0 Å². The third-order valence-electron chi connectivity index (χ3n) is 5.25. The minimum absolute atomic E-state index is 0.0385. The highest BCUT2D eigenvalue weighted by Crippen LogP contribution is 2.24. The second-order valence-corrected chi connectivity index (χ2v) is 7.14. The summed E-state index contributed by atoms with van der Waals surface area (Å²) >= 11 is 0. The Morgan fingerprint density at radius 3 is 2.84 bits per heavy atom. The van der Waals surface area contributed by atoms with Crippen LogP contribution in [-0.2, 0) is 4.74 Å². The SMILES string of the molecule is Cc1ccc(F)c(N2CCC[C@H](NC(=O)N(C)C3CCOCC3)C2)c1. The van der Waals surface area contributed by atoms with Gasteiger partial charge in [0.15, 0.2) is 0 Å². The van der Waals surface area contributed by atoms with Crippen molar-refractivity contribution < 1.29 is 13.9 Å². The first-order valence-corrected chi connectivity index (χ1v) is 9.17. The Balaban J connectivity index is 1.59. The molecule has 2 saturated heterocycles. The molecule has 1 N–H and O–H groups in total. The molecular weight excluding hydrogens is 321 g/mol. The first kappa shape index (κ1) is 18.0. The lowest BCUT2D eigenvalue weighted by atomic mass is 10.0. The molecule has 0 unspecified atom stereocenters. The van der Waals surface area contributed by atoms with Gasteiger partial charge in [-0.05, 0) is 50.3 Å². The number of piperidine rings is 1. The molecule has 0 radical (unpaired) electrons. The van der Waals surface area contributed by atoms with Gasteiger partial charge in [0, 0.05) is 45.4 Å². The number of urea groups is 1. The van der Waals surface area contributed by atoms with Crippen LogP contribution in [0.1, 0.15) is 31.2 Å². The van der Waals surface area contributed by atoms with Crippen molar-refractivity contribution >= 4 is 11.7 Å². The van der Waals surface area contributed by atoms with Crippen molar-refractivity contribution in [2.75, 3.05) is 38.3 Å². The number of benzene rings is 1.